The van der Waals surface area contributed by atoms with Crippen molar-refractivity contribution in [1.29, 1.82) is 0 Å². The van der Waals surface area contributed by atoms with Crippen LogP contribution in [0.1, 0.15) is 41.6 Å². The molecule has 0 unspecified atom stereocenters. The molecule has 0 aliphatic carbocycles. The number of benzene rings is 2. The average Bonchev–Trinajstić information content (AvgIpc) is 2.99. The molecule has 0 spiro atoms. The smallest absolute Gasteiger partial charge is 0.255 e. The first-order valence-electron chi connectivity index (χ1n) is 9.48. The number of carbonyl (C=O) groups is 1. The van der Waals surface area contributed by atoms with E-state index in [0.29, 0.717) is 35.7 Å². The summed E-state index contributed by atoms with van der Waals surface area (Å²) < 4.78 is 32.9. The third-order valence-electron chi connectivity index (χ3n) is 4.98. The van der Waals surface area contributed by atoms with Crippen molar-refractivity contribution in [3.63, 3.8) is 0 Å². The lowest BCUT2D eigenvalue weighted by Gasteiger charge is -2.21. The number of nitrogens with one attached hydrogen (secondary N) is 1. The number of anilines is 1. The predicted octanol–water partition coefficient (Wildman–Crippen LogP) is 3.82. The van der Waals surface area contributed by atoms with E-state index in [1.807, 2.05) is 0 Å². The summed E-state index contributed by atoms with van der Waals surface area (Å²) in [5.74, 6) is 0.344. The van der Waals surface area contributed by atoms with Crippen LogP contribution in [0.2, 0.25) is 0 Å². The summed E-state index contributed by atoms with van der Waals surface area (Å²) in [6, 6.07) is 11.8. The fraction of sp³-hybridized carbons (Fsp3) is 0.381. The number of hydrogen-bond acceptors (Lipinski definition) is 4. The van der Waals surface area contributed by atoms with E-state index >= 15 is 0 Å². The second kappa shape index (κ2) is 8.75. The van der Waals surface area contributed by atoms with Crippen LogP contribution in [0.25, 0.3) is 0 Å². The number of hydrogen-bond donors (Lipinski definition) is 1. The van der Waals surface area contributed by atoms with Gasteiger partial charge in [-0.2, -0.15) is 4.31 Å². The first kappa shape index (κ1) is 20.4. The number of methoxy groups -OCH3 is 1. The Morgan fingerprint density at radius 3 is 2.25 bits per heavy atom. The van der Waals surface area contributed by atoms with E-state index in [1.165, 1.54) is 6.07 Å². The van der Waals surface area contributed by atoms with Crippen LogP contribution in [-0.2, 0) is 10.0 Å². The maximum atomic E-state index is 13.1. The van der Waals surface area contributed by atoms with Gasteiger partial charge in [0.05, 0.1) is 12.0 Å². The van der Waals surface area contributed by atoms with Crippen molar-refractivity contribution in [2.45, 2.75) is 37.5 Å². The molecule has 1 fully saturated rings. The molecule has 1 saturated heterocycles. The highest BCUT2D eigenvalue weighted by Gasteiger charge is 2.27. The number of rotatable bonds is 5. The Kier molecular flexibility index (Phi) is 6.36. The van der Waals surface area contributed by atoms with Crippen LogP contribution in [0, 0.1) is 6.92 Å². The molecule has 2 aromatic rings. The van der Waals surface area contributed by atoms with Crippen molar-refractivity contribution in [3.8, 4) is 5.75 Å². The van der Waals surface area contributed by atoms with E-state index in [0.717, 1.165) is 25.7 Å². The van der Waals surface area contributed by atoms with Crippen molar-refractivity contribution in [1.82, 2.24) is 4.31 Å². The molecular weight excluding hydrogens is 376 g/mol. The summed E-state index contributed by atoms with van der Waals surface area (Å²) in [5, 5.41) is 2.79. The minimum Gasteiger partial charge on any atom is -0.497 e. The molecule has 3 rings (SSSR count). The molecule has 0 saturated carbocycles. The number of ether oxygens (including phenoxy) is 1. The van der Waals surface area contributed by atoms with E-state index < -0.39 is 10.0 Å². The van der Waals surface area contributed by atoms with Gasteiger partial charge in [-0.15, -0.1) is 0 Å². The first-order valence-corrected chi connectivity index (χ1v) is 10.9. The Balaban J connectivity index is 1.84. The van der Waals surface area contributed by atoms with Gasteiger partial charge in [0.15, 0.2) is 0 Å². The highest BCUT2D eigenvalue weighted by atomic mass is 32.2. The van der Waals surface area contributed by atoms with Gasteiger partial charge in [-0.05, 0) is 61.7 Å². The van der Waals surface area contributed by atoms with Gasteiger partial charge in [-0.3, -0.25) is 4.79 Å². The van der Waals surface area contributed by atoms with Gasteiger partial charge in [0.25, 0.3) is 5.91 Å². The molecule has 0 radical (unpaired) electrons. The van der Waals surface area contributed by atoms with E-state index in [9.17, 15) is 13.2 Å². The quantitative estimate of drug-likeness (QED) is 0.825. The van der Waals surface area contributed by atoms with Gasteiger partial charge in [0.1, 0.15) is 5.75 Å². The lowest BCUT2D eigenvalue weighted by molar-refractivity contribution is 0.102. The van der Waals surface area contributed by atoms with Crippen molar-refractivity contribution in [2.24, 2.45) is 0 Å². The number of sulfonamides is 1. The maximum absolute atomic E-state index is 13.1. The van der Waals surface area contributed by atoms with Gasteiger partial charge < -0.3 is 10.1 Å². The molecule has 1 aliphatic rings. The van der Waals surface area contributed by atoms with Crippen LogP contribution in [-0.4, -0.2) is 38.8 Å². The van der Waals surface area contributed by atoms with Crippen molar-refractivity contribution >= 4 is 21.6 Å². The molecule has 1 heterocycles. The van der Waals surface area contributed by atoms with Crippen LogP contribution >= 0.6 is 0 Å². The molecule has 1 amide bonds. The largest absolute Gasteiger partial charge is 0.497 e. The van der Waals surface area contributed by atoms with Crippen LogP contribution in [0.5, 0.6) is 5.75 Å². The molecule has 7 heteroatoms. The second-order valence-corrected chi connectivity index (χ2v) is 8.89. The molecule has 1 N–H and O–H groups in total. The third-order valence-corrected chi connectivity index (χ3v) is 7.02. The third kappa shape index (κ3) is 4.54. The zero-order valence-corrected chi connectivity index (χ0v) is 17.1. The fourth-order valence-corrected chi connectivity index (χ4v) is 5.09. The van der Waals surface area contributed by atoms with Gasteiger partial charge in [0, 0.05) is 24.3 Å². The molecule has 28 heavy (non-hydrogen) atoms. The van der Waals surface area contributed by atoms with E-state index in [-0.39, 0.29) is 10.8 Å². The van der Waals surface area contributed by atoms with Crippen molar-refractivity contribution in [3.05, 3.63) is 53.6 Å². The second-order valence-electron chi connectivity index (χ2n) is 6.98. The molecule has 6 nitrogen and oxygen atoms in total. The minimum absolute atomic E-state index is 0.205. The zero-order chi connectivity index (χ0) is 20.1. The number of nitrogens with zero attached hydrogens (tertiary/aromatic N) is 1. The Morgan fingerprint density at radius 2 is 1.64 bits per heavy atom. The predicted molar refractivity (Wildman–Crippen MR) is 109 cm³/mol. The van der Waals surface area contributed by atoms with E-state index in [2.05, 4.69) is 5.32 Å². The molecule has 2 aromatic carbocycles. The number of carbonyl (C=O) groups excluding carboxylic acids is 1. The maximum Gasteiger partial charge on any atom is 0.255 e. The van der Waals surface area contributed by atoms with Gasteiger partial charge in [-0.1, -0.05) is 18.9 Å². The Labute approximate surface area is 166 Å². The Bertz CT molecular complexity index is 931. The van der Waals surface area contributed by atoms with Gasteiger partial charge in [-0.25, -0.2) is 8.42 Å². The lowest BCUT2D eigenvalue weighted by Crippen LogP contribution is -2.32. The Hall–Kier alpha value is -2.38. The molecule has 0 bridgehead atoms. The molecule has 0 atom stereocenters. The van der Waals surface area contributed by atoms with Crippen LogP contribution in [0.3, 0.4) is 0 Å². The van der Waals surface area contributed by atoms with Crippen LogP contribution in [0.15, 0.2) is 47.4 Å². The summed E-state index contributed by atoms with van der Waals surface area (Å²) in [7, 11) is -2.04. The van der Waals surface area contributed by atoms with Crippen molar-refractivity contribution in [2.75, 3.05) is 25.5 Å². The summed E-state index contributed by atoms with van der Waals surface area (Å²) >= 11 is 0. The monoisotopic (exact) mass is 402 g/mol. The highest BCUT2D eigenvalue weighted by Crippen LogP contribution is 2.25. The molecule has 1 aliphatic heterocycles. The lowest BCUT2D eigenvalue weighted by atomic mass is 10.1. The van der Waals surface area contributed by atoms with Gasteiger partial charge in [0.2, 0.25) is 10.0 Å². The SMILES string of the molecule is COc1ccc(NC(=O)c2ccc(C)c(S(=O)(=O)N3CCCCCC3)c2)cc1. The van der Waals surface area contributed by atoms with E-state index in [4.69, 9.17) is 4.74 Å². The van der Waals surface area contributed by atoms with Crippen molar-refractivity contribution < 1.29 is 17.9 Å². The average molecular weight is 403 g/mol. The fourth-order valence-electron chi connectivity index (χ4n) is 3.32. The molecule has 0 aromatic heterocycles. The van der Waals surface area contributed by atoms with E-state index in [1.54, 1.807) is 54.7 Å². The first-order chi connectivity index (χ1) is 13.4. The highest BCUT2D eigenvalue weighted by molar-refractivity contribution is 7.89. The summed E-state index contributed by atoms with van der Waals surface area (Å²) in [6.07, 6.45) is 3.84. The number of amides is 1. The summed E-state index contributed by atoms with van der Waals surface area (Å²) in [5.41, 5.74) is 1.57. The molecular formula is C21H26N2O4S. The number of aryl methyl sites for hydroxylation is 1. The van der Waals surface area contributed by atoms with Crippen LogP contribution < -0.4 is 10.1 Å². The van der Waals surface area contributed by atoms with Gasteiger partial charge >= 0.3 is 0 Å². The molecule has 150 valence electrons. The zero-order valence-electron chi connectivity index (χ0n) is 16.3. The Morgan fingerprint density at radius 1 is 1.00 bits per heavy atom. The topological polar surface area (TPSA) is 75.7 Å². The van der Waals surface area contributed by atoms with Crippen LogP contribution in [0.4, 0.5) is 5.69 Å². The normalized spacial score (nSPS) is 15.6. The standard InChI is InChI=1S/C21H26N2O4S/c1-16-7-8-17(21(24)22-18-9-11-19(27-2)12-10-18)15-20(16)28(25,26)23-13-5-3-4-6-14-23/h7-12,15H,3-6,13-14H2,1-2H3,(H,22,24). The minimum atomic E-state index is -3.62. The summed E-state index contributed by atoms with van der Waals surface area (Å²) in [4.78, 5) is 12.8. The summed E-state index contributed by atoms with van der Waals surface area (Å²) in [6.45, 7) is 2.82.